The van der Waals surface area contributed by atoms with E-state index in [0.29, 0.717) is 17.4 Å². The highest BCUT2D eigenvalue weighted by Gasteiger charge is 2.27. The van der Waals surface area contributed by atoms with Gasteiger partial charge in [-0.15, -0.1) is 0 Å². The van der Waals surface area contributed by atoms with Gasteiger partial charge in [0, 0.05) is 12.8 Å². The third kappa shape index (κ3) is 52.8. The molecule has 0 saturated carbocycles. The maximum absolute atomic E-state index is 12.8. The van der Waals surface area contributed by atoms with Crippen molar-refractivity contribution in [2.75, 3.05) is 47.5 Å². The molecule has 0 bridgehead atoms. The van der Waals surface area contributed by atoms with Crippen LogP contribution in [0.4, 0.5) is 0 Å². The Morgan fingerprint density at radius 2 is 0.838 bits per heavy atom. The van der Waals surface area contributed by atoms with Crippen LogP contribution in [0.3, 0.4) is 0 Å². The Bertz CT molecular complexity index is 1380. The zero-order chi connectivity index (χ0) is 49.9. The fourth-order valence-electron chi connectivity index (χ4n) is 7.45. The molecular formula is C58H105NO8P+. The molecule has 0 fully saturated rings. The molecule has 1 N–H and O–H groups in total. The van der Waals surface area contributed by atoms with Crippen molar-refractivity contribution in [3.8, 4) is 0 Å². The molecule has 0 radical (unpaired) electrons. The maximum atomic E-state index is 12.8. The first-order valence-electron chi connectivity index (χ1n) is 27.7. The van der Waals surface area contributed by atoms with Crippen LogP contribution in [0.5, 0.6) is 0 Å². The third-order valence-corrected chi connectivity index (χ3v) is 12.7. The number of esters is 2. The van der Waals surface area contributed by atoms with Crippen LogP contribution in [-0.4, -0.2) is 74.9 Å². The van der Waals surface area contributed by atoms with Gasteiger partial charge in [-0.1, -0.05) is 209 Å². The summed E-state index contributed by atoms with van der Waals surface area (Å²) in [6.07, 6.45) is 64.0. The zero-order valence-corrected chi connectivity index (χ0v) is 45.5. The van der Waals surface area contributed by atoms with E-state index in [-0.39, 0.29) is 32.0 Å². The van der Waals surface area contributed by atoms with E-state index in [1.54, 1.807) is 0 Å². The molecule has 2 atom stereocenters. The lowest BCUT2D eigenvalue weighted by Gasteiger charge is -2.24. The number of carbonyl (C=O) groups is 2. The second-order valence-electron chi connectivity index (χ2n) is 19.6. The normalized spacial score (nSPS) is 13.9. The number of ether oxygens (including phenoxy) is 2. The number of unbranched alkanes of at least 4 members (excludes halogenated alkanes) is 24. The fourth-order valence-corrected chi connectivity index (χ4v) is 8.19. The van der Waals surface area contributed by atoms with Crippen molar-refractivity contribution >= 4 is 19.8 Å². The summed E-state index contributed by atoms with van der Waals surface area (Å²) in [6.45, 7) is 4.30. The molecule has 0 rings (SSSR count). The van der Waals surface area contributed by atoms with Gasteiger partial charge in [0.2, 0.25) is 0 Å². The molecular weight excluding hydrogens is 870 g/mol. The number of carbonyl (C=O) groups excluding carboxylic acids is 2. The number of phosphoric acid groups is 1. The lowest BCUT2D eigenvalue weighted by molar-refractivity contribution is -0.870. The van der Waals surface area contributed by atoms with Crippen molar-refractivity contribution in [2.24, 2.45) is 0 Å². The molecule has 0 aromatic rings. The second-order valence-corrected chi connectivity index (χ2v) is 21.0. The van der Waals surface area contributed by atoms with Crippen LogP contribution in [0, 0.1) is 0 Å². The van der Waals surface area contributed by atoms with Crippen molar-refractivity contribution in [3.05, 3.63) is 72.9 Å². The smallest absolute Gasteiger partial charge is 0.462 e. The first-order valence-corrected chi connectivity index (χ1v) is 29.2. The minimum Gasteiger partial charge on any atom is -0.462 e. The van der Waals surface area contributed by atoms with Gasteiger partial charge < -0.3 is 18.9 Å². The Kier molecular flexibility index (Phi) is 47.6. The molecule has 0 aliphatic rings. The quantitative estimate of drug-likeness (QED) is 0.0211. The summed E-state index contributed by atoms with van der Waals surface area (Å²) in [6, 6.07) is 0. The van der Waals surface area contributed by atoms with Crippen LogP contribution < -0.4 is 0 Å². The molecule has 0 aliphatic heterocycles. The van der Waals surface area contributed by atoms with Gasteiger partial charge in [-0.25, -0.2) is 4.57 Å². The highest BCUT2D eigenvalue weighted by molar-refractivity contribution is 7.47. The average Bonchev–Trinajstić information content (AvgIpc) is 3.30. The van der Waals surface area contributed by atoms with Gasteiger partial charge in [0.05, 0.1) is 27.7 Å². The largest absolute Gasteiger partial charge is 0.472 e. The minimum absolute atomic E-state index is 0.0290. The van der Waals surface area contributed by atoms with Gasteiger partial charge >= 0.3 is 19.8 Å². The molecule has 0 amide bonds. The molecule has 2 unspecified atom stereocenters. The summed E-state index contributed by atoms with van der Waals surface area (Å²) >= 11 is 0. The lowest BCUT2D eigenvalue weighted by atomic mass is 10.0. The number of hydrogen-bond acceptors (Lipinski definition) is 7. The Balaban J connectivity index is 4.09. The predicted molar refractivity (Wildman–Crippen MR) is 289 cm³/mol. The van der Waals surface area contributed by atoms with Gasteiger partial charge in [-0.3, -0.25) is 18.6 Å². The van der Waals surface area contributed by atoms with Crippen molar-refractivity contribution in [1.29, 1.82) is 0 Å². The molecule has 9 nitrogen and oxygen atoms in total. The Labute approximate surface area is 418 Å². The standard InChI is InChI=1S/C58H104NO8P/c1-6-8-10-12-14-16-18-20-21-22-23-24-25-26-27-28-29-30-31-32-33-34-35-36-37-39-41-43-45-47-49-51-58(61)67-56(55-66-68(62,63)65-53-52-59(3,4)5)54-64-57(60)50-48-46-44-42-40-38-19-17-15-13-11-9-7-2/h8,10,14,16-17,19-21,23-24,26-27,56H,6-7,9,11-13,15,18,22,25,28-55H2,1-5H3/p+1/b10-8-,16-14-,19-17-,21-20-,24-23-,27-26-. The van der Waals surface area contributed by atoms with E-state index in [4.69, 9.17) is 18.5 Å². The highest BCUT2D eigenvalue weighted by atomic mass is 31.2. The van der Waals surface area contributed by atoms with E-state index in [2.05, 4.69) is 86.8 Å². The second kappa shape index (κ2) is 49.4. The van der Waals surface area contributed by atoms with E-state index >= 15 is 0 Å². The Hall–Kier alpha value is -2.55. The molecule has 10 heteroatoms. The van der Waals surface area contributed by atoms with E-state index in [1.807, 2.05) is 21.1 Å². The lowest BCUT2D eigenvalue weighted by Crippen LogP contribution is -2.37. The summed E-state index contributed by atoms with van der Waals surface area (Å²) in [4.78, 5) is 35.6. The van der Waals surface area contributed by atoms with E-state index in [0.717, 1.165) is 89.9 Å². The van der Waals surface area contributed by atoms with Gasteiger partial charge in [0.25, 0.3) is 0 Å². The van der Waals surface area contributed by atoms with E-state index in [1.165, 1.54) is 109 Å². The van der Waals surface area contributed by atoms with Crippen molar-refractivity contribution in [1.82, 2.24) is 0 Å². The summed E-state index contributed by atoms with van der Waals surface area (Å²) < 4.78 is 34.5. The third-order valence-electron chi connectivity index (χ3n) is 11.7. The van der Waals surface area contributed by atoms with E-state index < -0.39 is 26.5 Å². The van der Waals surface area contributed by atoms with Crippen LogP contribution in [0.15, 0.2) is 72.9 Å². The molecule has 394 valence electrons. The zero-order valence-electron chi connectivity index (χ0n) is 44.6. The SMILES string of the molecule is CC/C=C\C/C=C\C/C=C\C/C=C\C/C=C\CCCCCCCCCCCCCCCCCC(=O)OC(COC(=O)CCCCCCC/C=C\CCCCCC)COP(=O)(O)OCC[N+](C)(C)C. The molecule has 0 heterocycles. The van der Waals surface area contributed by atoms with Crippen molar-refractivity contribution in [2.45, 2.75) is 238 Å². The van der Waals surface area contributed by atoms with Crippen LogP contribution in [0.25, 0.3) is 0 Å². The number of quaternary nitrogens is 1. The molecule has 68 heavy (non-hydrogen) atoms. The first-order chi connectivity index (χ1) is 33.0. The molecule has 0 aliphatic carbocycles. The fraction of sp³-hybridized carbons (Fsp3) is 0.759. The molecule has 0 aromatic heterocycles. The number of nitrogens with zero attached hydrogens (tertiary/aromatic N) is 1. The van der Waals surface area contributed by atoms with Crippen LogP contribution in [0.2, 0.25) is 0 Å². The summed E-state index contributed by atoms with van der Waals surface area (Å²) in [5, 5.41) is 0. The number of allylic oxidation sites excluding steroid dienone is 12. The Morgan fingerprint density at radius 3 is 1.26 bits per heavy atom. The van der Waals surface area contributed by atoms with Crippen molar-refractivity contribution < 1.29 is 42.1 Å². The highest BCUT2D eigenvalue weighted by Crippen LogP contribution is 2.43. The van der Waals surface area contributed by atoms with Gasteiger partial charge in [0.15, 0.2) is 6.10 Å². The monoisotopic (exact) mass is 975 g/mol. The first kappa shape index (κ1) is 65.5. The maximum Gasteiger partial charge on any atom is 0.472 e. The summed E-state index contributed by atoms with van der Waals surface area (Å²) in [5.41, 5.74) is 0. The van der Waals surface area contributed by atoms with Crippen LogP contribution >= 0.6 is 7.82 Å². The predicted octanol–water partition coefficient (Wildman–Crippen LogP) is 16.9. The molecule has 0 spiro atoms. The van der Waals surface area contributed by atoms with E-state index in [9.17, 15) is 19.0 Å². The van der Waals surface area contributed by atoms with Gasteiger partial charge in [0.1, 0.15) is 19.8 Å². The number of hydrogen-bond donors (Lipinski definition) is 1. The van der Waals surface area contributed by atoms with Crippen LogP contribution in [0.1, 0.15) is 232 Å². The summed E-state index contributed by atoms with van der Waals surface area (Å²) in [5.74, 6) is -0.806. The topological polar surface area (TPSA) is 108 Å². The number of likely N-dealkylation sites (N-methyl/N-ethyl adjacent to an activating group) is 1. The van der Waals surface area contributed by atoms with Gasteiger partial charge in [-0.05, 0) is 83.5 Å². The average molecular weight is 975 g/mol. The number of phosphoric ester groups is 1. The Morgan fingerprint density at radius 1 is 0.471 bits per heavy atom. The molecule has 0 saturated heterocycles. The summed E-state index contributed by atoms with van der Waals surface area (Å²) in [7, 11) is 1.47. The molecule has 0 aromatic carbocycles. The van der Waals surface area contributed by atoms with Crippen LogP contribution in [-0.2, 0) is 32.7 Å². The van der Waals surface area contributed by atoms with Crippen molar-refractivity contribution in [3.63, 3.8) is 0 Å². The minimum atomic E-state index is -4.38. The van der Waals surface area contributed by atoms with Gasteiger partial charge in [-0.2, -0.15) is 0 Å². The number of rotatable bonds is 50.